The predicted molar refractivity (Wildman–Crippen MR) is 68.1 cm³/mol. The molecule has 84 valence electrons. The van der Waals surface area contributed by atoms with Crippen LogP contribution in [-0.4, -0.2) is 9.78 Å². The van der Waals surface area contributed by atoms with Crippen molar-refractivity contribution in [3.63, 3.8) is 0 Å². The lowest BCUT2D eigenvalue weighted by Crippen LogP contribution is -1.97. The standard InChI is InChI=1S/C11H9Cl3N2/c1-6-7(2)15-16(11(6)14)10-4-3-8(12)5-9(10)13/h3-5H,1-2H3. The summed E-state index contributed by atoms with van der Waals surface area (Å²) in [6, 6.07) is 5.22. The Balaban J connectivity index is 2.63. The van der Waals surface area contributed by atoms with Crippen molar-refractivity contribution in [3.8, 4) is 5.69 Å². The molecule has 0 bridgehead atoms. The summed E-state index contributed by atoms with van der Waals surface area (Å²) in [5.41, 5.74) is 2.57. The highest BCUT2D eigenvalue weighted by atomic mass is 35.5. The number of hydrogen-bond donors (Lipinski definition) is 0. The average molecular weight is 276 g/mol. The zero-order valence-corrected chi connectivity index (χ0v) is 11.0. The molecular formula is C11H9Cl3N2. The second-order valence-electron chi connectivity index (χ2n) is 3.51. The molecule has 0 aliphatic heterocycles. The van der Waals surface area contributed by atoms with Crippen molar-refractivity contribution < 1.29 is 0 Å². The van der Waals surface area contributed by atoms with Gasteiger partial charge in [0.25, 0.3) is 0 Å². The van der Waals surface area contributed by atoms with Gasteiger partial charge in [0.1, 0.15) is 5.15 Å². The number of aromatic nitrogens is 2. The van der Waals surface area contributed by atoms with Gasteiger partial charge in [0.05, 0.1) is 16.4 Å². The van der Waals surface area contributed by atoms with E-state index in [1.165, 1.54) is 0 Å². The van der Waals surface area contributed by atoms with Crippen LogP contribution in [-0.2, 0) is 0 Å². The van der Waals surface area contributed by atoms with E-state index in [2.05, 4.69) is 5.10 Å². The maximum atomic E-state index is 6.17. The fraction of sp³-hybridized carbons (Fsp3) is 0.182. The molecule has 0 saturated heterocycles. The maximum Gasteiger partial charge on any atom is 0.136 e. The van der Waals surface area contributed by atoms with Gasteiger partial charge in [-0.05, 0) is 32.0 Å². The quantitative estimate of drug-likeness (QED) is 0.752. The molecular weight excluding hydrogens is 266 g/mol. The number of benzene rings is 1. The Morgan fingerprint density at radius 1 is 1.12 bits per heavy atom. The van der Waals surface area contributed by atoms with Gasteiger partial charge in [-0.25, -0.2) is 4.68 Å². The van der Waals surface area contributed by atoms with Crippen molar-refractivity contribution in [1.82, 2.24) is 9.78 Å². The second kappa shape index (κ2) is 4.28. The molecule has 0 saturated carbocycles. The average Bonchev–Trinajstić information content (AvgIpc) is 2.46. The largest absolute Gasteiger partial charge is 0.220 e. The van der Waals surface area contributed by atoms with Gasteiger partial charge in [0.15, 0.2) is 0 Å². The molecule has 2 nitrogen and oxygen atoms in total. The summed E-state index contributed by atoms with van der Waals surface area (Å²) >= 11 is 18.1. The highest BCUT2D eigenvalue weighted by Crippen LogP contribution is 2.28. The number of nitrogens with zero attached hydrogens (tertiary/aromatic N) is 2. The topological polar surface area (TPSA) is 17.8 Å². The van der Waals surface area contributed by atoms with Gasteiger partial charge >= 0.3 is 0 Å². The van der Waals surface area contributed by atoms with Gasteiger partial charge in [-0.3, -0.25) is 0 Å². The van der Waals surface area contributed by atoms with E-state index in [1.54, 1.807) is 22.9 Å². The van der Waals surface area contributed by atoms with Gasteiger partial charge in [-0.15, -0.1) is 0 Å². The monoisotopic (exact) mass is 274 g/mol. The third kappa shape index (κ3) is 1.93. The molecule has 16 heavy (non-hydrogen) atoms. The summed E-state index contributed by atoms with van der Waals surface area (Å²) in [5, 5.41) is 6.01. The van der Waals surface area contributed by atoms with Gasteiger partial charge in [-0.1, -0.05) is 34.8 Å². The van der Waals surface area contributed by atoms with Crippen LogP contribution in [0.2, 0.25) is 15.2 Å². The molecule has 1 heterocycles. The van der Waals surface area contributed by atoms with Crippen LogP contribution in [0.3, 0.4) is 0 Å². The summed E-state index contributed by atoms with van der Waals surface area (Å²) in [4.78, 5) is 0. The minimum atomic E-state index is 0.525. The summed E-state index contributed by atoms with van der Waals surface area (Å²) in [5.74, 6) is 0. The maximum absolute atomic E-state index is 6.17. The SMILES string of the molecule is Cc1nn(-c2ccc(Cl)cc2Cl)c(Cl)c1C. The Kier molecular flexibility index (Phi) is 3.15. The van der Waals surface area contributed by atoms with Crippen LogP contribution in [0, 0.1) is 13.8 Å². The minimum Gasteiger partial charge on any atom is -0.220 e. The molecule has 0 unspecified atom stereocenters. The van der Waals surface area contributed by atoms with E-state index in [9.17, 15) is 0 Å². The zero-order chi connectivity index (χ0) is 11.9. The van der Waals surface area contributed by atoms with Gasteiger partial charge in [0, 0.05) is 10.6 Å². The molecule has 0 amide bonds. The first kappa shape index (κ1) is 11.8. The fourth-order valence-electron chi connectivity index (χ4n) is 1.39. The van der Waals surface area contributed by atoms with Crippen LogP contribution in [0.4, 0.5) is 0 Å². The molecule has 2 rings (SSSR count). The van der Waals surface area contributed by atoms with Crippen LogP contribution < -0.4 is 0 Å². The molecule has 0 spiro atoms. The highest BCUT2D eigenvalue weighted by Gasteiger charge is 2.13. The van der Waals surface area contributed by atoms with E-state index in [4.69, 9.17) is 34.8 Å². The molecule has 0 N–H and O–H groups in total. The van der Waals surface area contributed by atoms with Crippen molar-refractivity contribution in [2.75, 3.05) is 0 Å². The molecule has 2 aromatic rings. The van der Waals surface area contributed by atoms with Crippen molar-refractivity contribution in [2.24, 2.45) is 0 Å². The number of rotatable bonds is 1. The lowest BCUT2D eigenvalue weighted by Gasteiger charge is -2.05. The Hall–Kier alpha value is -0.700. The third-order valence-corrected chi connectivity index (χ3v) is 3.41. The van der Waals surface area contributed by atoms with Crippen LogP contribution in [0.1, 0.15) is 11.3 Å². The van der Waals surface area contributed by atoms with Crippen LogP contribution in [0.15, 0.2) is 18.2 Å². The number of aryl methyl sites for hydroxylation is 1. The van der Waals surface area contributed by atoms with Gasteiger partial charge in [0.2, 0.25) is 0 Å². The lowest BCUT2D eigenvalue weighted by atomic mass is 10.3. The lowest BCUT2D eigenvalue weighted by molar-refractivity contribution is 0.863. The molecule has 1 aromatic heterocycles. The van der Waals surface area contributed by atoms with E-state index >= 15 is 0 Å². The Morgan fingerprint density at radius 3 is 2.31 bits per heavy atom. The number of halogens is 3. The van der Waals surface area contributed by atoms with Crippen molar-refractivity contribution >= 4 is 34.8 Å². The normalized spacial score (nSPS) is 10.8. The zero-order valence-electron chi connectivity index (χ0n) is 8.76. The summed E-state index contributed by atoms with van der Waals surface area (Å²) < 4.78 is 1.62. The van der Waals surface area contributed by atoms with Crippen molar-refractivity contribution in [2.45, 2.75) is 13.8 Å². The summed E-state index contributed by atoms with van der Waals surface area (Å²) in [6.45, 7) is 3.83. The highest BCUT2D eigenvalue weighted by molar-refractivity contribution is 6.36. The molecule has 0 radical (unpaired) electrons. The second-order valence-corrected chi connectivity index (χ2v) is 4.71. The Labute approximate surface area is 109 Å². The van der Waals surface area contributed by atoms with E-state index < -0.39 is 0 Å². The number of hydrogen-bond acceptors (Lipinski definition) is 1. The summed E-state index contributed by atoms with van der Waals surface area (Å²) in [7, 11) is 0. The van der Waals surface area contributed by atoms with E-state index in [1.807, 2.05) is 13.8 Å². The van der Waals surface area contributed by atoms with Crippen molar-refractivity contribution in [1.29, 1.82) is 0 Å². The van der Waals surface area contributed by atoms with Crippen LogP contribution in [0.5, 0.6) is 0 Å². The first-order valence-electron chi connectivity index (χ1n) is 4.68. The van der Waals surface area contributed by atoms with Gasteiger partial charge < -0.3 is 0 Å². The smallest absolute Gasteiger partial charge is 0.136 e. The van der Waals surface area contributed by atoms with Crippen molar-refractivity contribution in [3.05, 3.63) is 44.7 Å². The third-order valence-electron chi connectivity index (χ3n) is 2.43. The summed E-state index contributed by atoms with van der Waals surface area (Å²) in [6.07, 6.45) is 0. The first-order valence-corrected chi connectivity index (χ1v) is 5.81. The predicted octanol–water partition coefficient (Wildman–Crippen LogP) is 4.45. The molecule has 1 aromatic carbocycles. The molecule has 0 atom stereocenters. The van der Waals surface area contributed by atoms with Crippen LogP contribution >= 0.6 is 34.8 Å². The van der Waals surface area contributed by atoms with E-state index in [0.717, 1.165) is 16.9 Å². The Bertz CT molecular complexity index is 546. The molecule has 0 aliphatic carbocycles. The van der Waals surface area contributed by atoms with E-state index in [0.29, 0.717) is 15.2 Å². The fourth-order valence-corrected chi connectivity index (χ4v) is 2.14. The van der Waals surface area contributed by atoms with E-state index in [-0.39, 0.29) is 0 Å². The molecule has 5 heteroatoms. The first-order chi connectivity index (χ1) is 7.50. The van der Waals surface area contributed by atoms with Crippen LogP contribution in [0.25, 0.3) is 5.69 Å². The molecule has 0 fully saturated rings. The minimum absolute atomic E-state index is 0.525. The van der Waals surface area contributed by atoms with Gasteiger partial charge in [-0.2, -0.15) is 5.10 Å². The Morgan fingerprint density at radius 2 is 1.81 bits per heavy atom. The molecule has 0 aliphatic rings.